The summed E-state index contributed by atoms with van der Waals surface area (Å²) in [5, 5.41) is 1.43. The third-order valence-electron chi connectivity index (χ3n) is 4.05. The summed E-state index contributed by atoms with van der Waals surface area (Å²) >= 11 is 0. The number of aromatic nitrogens is 1. The van der Waals surface area contributed by atoms with Crippen LogP contribution in [0.25, 0.3) is 10.8 Å². The van der Waals surface area contributed by atoms with Gasteiger partial charge in [-0.2, -0.15) is 0 Å². The van der Waals surface area contributed by atoms with E-state index in [1.54, 1.807) is 36.5 Å². The molecule has 0 fully saturated rings. The molecule has 5 nitrogen and oxygen atoms in total. The highest BCUT2D eigenvalue weighted by Gasteiger charge is 2.19. The van der Waals surface area contributed by atoms with Crippen LogP contribution in [0.15, 0.2) is 65.8 Å². The number of hydrogen-bond acceptors (Lipinski definition) is 4. The smallest absolute Gasteiger partial charge is 0.262 e. The van der Waals surface area contributed by atoms with Crippen molar-refractivity contribution >= 4 is 26.5 Å². The molecule has 2 aromatic carbocycles. The van der Waals surface area contributed by atoms with Gasteiger partial charge in [-0.05, 0) is 30.7 Å². The van der Waals surface area contributed by atoms with Gasteiger partial charge in [0, 0.05) is 17.0 Å². The van der Waals surface area contributed by atoms with E-state index in [9.17, 15) is 8.42 Å². The zero-order valence-electron chi connectivity index (χ0n) is 14.7. The number of ether oxygens (including phenoxy) is 1. The summed E-state index contributed by atoms with van der Waals surface area (Å²) in [5.41, 5.74) is 0.427. The van der Waals surface area contributed by atoms with Crippen molar-refractivity contribution in [1.29, 1.82) is 0 Å². The van der Waals surface area contributed by atoms with Gasteiger partial charge in [-0.25, -0.2) is 8.42 Å². The minimum atomic E-state index is -3.73. The first-order chi connectivity index (χ1) is 12.6. The predicted octanol–water partition coefficient (Wildman–Crippen LogP) is 4.60. The average molecular weight is 370 g/mol. The highest BCUT2D eigenvalue weighted by molar-refractivity contribution is 7.93. The normalized spacial score (nSPS) is 11.4. The van der Waals surface area contributed by atoms with Crippen LogP contribution in [0.4, 0.5) is 5.69 Å². The fourth-order valence-corrected chi connectivity index (χ4v) is 4.03. The van der Waals surface area contributed by atoms with Gasteiger partial charge in [0.05, 0.1) is 23.4 Å². The van der Waals surface area contributed by atoms with E-state index in [0.29, 0.717) is 23.4 Å². The molecule has 0 saturated carbocycles. The van der Waals surface area contributed by atoms with Gasteiger partial charge in [0.2, 0.25) is 0 Å². The van der Waals surface area contributed by atoms with Crippen LogP contribution in [-0.4, -0.2) is 20.0 Å². The quantitative estimate of drug-likeness (QED) is 0.588. The highest BCUT2D eigenvalue weighted by Crippen LogP contribution is 2.32. The van der Waals surface area contributed by atoms with Gasteiger partial charge in [0.25, 0.3) is 10.0 Å². The fourth-order valence-electron chi connectivity index (χ4n) is 2.77. The Bertz CT molecular complexity index is 973. The summed E-state index contributed by atoms with van der Waals surface area (Å²) in [5.74, 6) is 0.706. The van der Waals surface area contributed by atoms with Crippen molar-refractivity contribution in [3.8, 4) is 5.75 Å². The molecule has 0 unspecified atom stereocenters. The molecule has 1 N–H and O–H groups in total. The van der Waals surface area contributed by atoms with Crippen molar-refractivity contribution < 1.29 is 13.2 Å². The van der Waals surface area contributed by atoms with E-state index in [1.165, 1.54) is 6.20 Å². The van der Waals surface area contributed by atoms with Crippen LogP contribution in [0, 0.1) is 0 Å². The Kier molecular flexibility index (Phi) is 5.73. The number of fused-ring (bicyclic) bond motifs is 1. The Hall–Kier alpha value is -2.60. The van der Waals surface area contributed by atoms with Crippen LogP contribution in [-0.2, 0) is 10.0 Å². The number of sulfonamides is 1. The lowest BCUT2D eigenvalue weighted by Gasteiger charge is -2.14. The molecule has 6 heteroatoms. The standard InChI is InChI=1S/C20H22N2O3S/c1-2-3-6-14-25-19-11-12-20(18-10-5-4-9-17(18)19)26(23,24)22-16-8-7-13-21-15-16/h4-5,7-13,15,22H,2-3,6,14H2,1H3. The second-order valence-corrected chi connectivity index (χ2v) is 7.66. The summed E-state index contributed by atoms with van der Waals surface area (Å²) in [7, 11) is -3.73. The Labute approximate surface area is 154 Å². The number of benzene rings is 2. The molecule has 0 atom stereocenters. The maximum atomic E-state index is 12.8. The van der Waals surface area contributed by atoms with Gasteiger partial charge >= 0.3 is 0 Å². The predicted molar refractivity (Wildman–Crippen MR) is 104 cm³/mol. The van der Waals surface area contributed by atoms with Crippen LogP contribution in [0.5, 0.6) is 5.75 Å². The number of hydrogen-bond donors (Lipinski definition) is 1. The van der Waals surface area contributed by atoms with Gasteiger partial charge in [0.15, 0.2) is 0 Å². The first-order valence-corrected chi connectivity index (χ1v) is 10.2. The Morgan fingerprint density at radius 2 is 1.81 bits per heavy atom. The number of anilines is 1. The molecule has 0 aliphatic carbocycles. The van der Waals surface area contributed by atoms with Gasteiger partial charge in [-0.1, -0.05) is 44.0 Å². The van der Waals surface area contributed by atoms with Crippen molar-refractivity contribution in [2.45, 2.75) is 31.1 Å². The maximum Gasteiger partial charge on any atom is 0.262 e. The topological polar surface area (TPSA) is 68.3 Å². The Balaban J connectivity index is 1.94. The molecule has 0 bridgehead atoms. The third-order valence-corrected chi connectivity index (χ3v) is 5.49. The summed E-state index contributed by atoms with van der Waals surface area (Å²) < 4.78 is 34.1. The largest absolute Gasteiger partial charge is 0.493 e. The molecule has 0 saturated heterocycles. The summed E-state index contributed by atoms with van der Waals surface area (Å²) in [4.78, 5) is 4.16. The number of rotatable bonds is 8. The molecule has 0 spiro atoms. The number of nitrogens with one attached hydrogen (secondary N) is 1. The molecule has 3 aromatic rings. The van der Waals surface area contributed by atoms with Crippen LogP contribution in [0.2, 0.25) is 0 Å². The molecule has 1 aromatic heterocycles. The molecule has 3 rings (SSSR count). The lowest BCUT2D eigenvalue weighted by atomic mass is 10.1. The van der Waals surface area contributed by atoms with Gasteiger partial charge < -0.3 is 4.74 Å². The second-order valence-electron chi connectivity index (χ2n) is 6.01. The van der Waals surface area contributed by atoms with E-state index in [4.69, 9.17) is 4.74 Å². The van der Waals surface area contributed by atoms with Crippen molar-refractivity contribution in [2.24, 2.45) is 0 Å². The summed E-state index contributed by atoms with van der Waals surface area (Å²) in [6, 6.07) is 14.1. The lowest BCUT2D eigenvalue weighted by molar-refractivity contribution is 0.309. The molecule has 26 heavy (non-hydrogen) atoms. The van der Waals surface area contributed by atoms with Gasteiger partial charge in [0.1, 0.15) is 5.75 Å². The molecular formula is C20H22N2O3S. The van der Waals surface area contributed by atoms with Crippen LogP contribution in [0.3, 0.4) is 0 Å². The van der Waals surface area contributed by atoms with Crippen molar-refractivity contribution in [1.82, 2.24) is 4.98 Å². The second kappa shape index (κ2) is 8.19. The summed E-state index contributed by atoms with van der Waals surface area (Å²) in [6.07, 6.45) is 6.29. The van der Waals surface area contributed by atoms with Crippen LogP contribution < -0.4 is 9.46 Å². The van der Waals surface area contributed by atoms with Crippen LogP contribution in [0.1, 0.15) is 26.2 Å². The number of unbranched alkanes of at least 4 members (excludes halogenated alkanes) is 2. The van der Waals surface area contributed by atoms with Crippen molar-refractivity contribution in [3.63, 3.8) is 0 Å². The molecule has 136 valence electrons. The molecule has 0 radical (unpaired) electrons. The Morgan fingerprint density at radius 3 is 2.54 bits per heavy atom. The van der Waals surface area contributed by atoms with Gasteiger partial charge in [-0.3, -0.25) is 9.71 Å². The van der Waals surface area contributed by atoms with E-state index >= 15 is 0 Å². The molecule has 1 heterocycles. The SMILES string of the molecule is CCCCCOc1ccc(S(=O)(=O)Nc2cccnc2)c2ccccc12. The minimum Gasteiger partial charge on any atom is -0.493 e. The number of nitrogens with zero attached hydrogens (tertiary/aromatic N) is 1. The van der Waals surface area contributed by atoms with E-state index < -0.39 is 10.0 Å². The van der Waals surface area contributed by atoms with Crippen molar-refractivity contribution in [3.05, 3.63) is 60.9 Å². The van der Waals surface area contributed by atoms with E-state index in [2.05, 4.69) is 16.6 Å². The molecule has 0 aliphatic rings. The average Bonchev–Trinajstić information content (AvgIpc) is 2.65. The van der Waals surface area contributed by atoms with Gasteiger partial charge in [-0.15, -0.1) is 0 Å². The van der Waals surface area contributed by atoms with Crippen molar-refractivity contribution in [2.75, 3.05) is 11.3 Å². The molecule has 0 aliphatic heterocycles. The zero-order valence-corrected chi connectivity index (χ0v) is 15.5. The molecular weight excluding hydrogens is 348 g/mol. The Morgan fingerprint density at radius 1 is 1.00 bits per heavy atom. The monoisotopic (exact) mass is 370 g/mol. The van der Waals surface area contributed by atoms with E-state index in [1.807, 2.05) is 18.2 Å². The maximum absolute atomic E-state index is 12.8. The lowest BCUT2D eigenvalue weighted by Crippen LogP contribution is -2.13. The zero-order chi connectivity index (χ0) is 18.4. The summed E-state index contributed by atoms with van der Waals surface area (Å²) in [6.45, 7) is 2.77. The fraction of sp³-hybridized carbons (Fsp3) is 0.250. The first kappa shape index (κ1) is 18.2. The number of pyridine rings is 1. The van der Waals surface area contributed by atoms with E-state index in [0.717, 1.165) is 24.6 Å². The van der Waals surface area contributed by atoms with E-state index in [-0.39, 0.29) is 4.90 Å². The molecule has 0 amide bonds. The highest BCUT2D eigenvalue weighted by atomic mass is 32.2. The van der Waals surface area contributed by atoms with Crippen LogP contribution >= 0.6 is 0 Å². The first-order valence-electron chi connectivity index (χ1n) is 8.69. The third kappa shape index (κ3) is 4.14. The minimum absolute atomic E-state index is 0.220.